The molecule has 0 spiro atoms. The fourth-order valence-electron chi connectivity index (χ4n) is 4.64. The molecule has 0 bridgehead atoms. The molecule has 7 heteroatoms. The van der Waals surface area contributed by atoms with Gasteiger partial charge in [-0.1, -0.05) is 35.9 Å². The minimum Gasteiger partial charge on any atom is -0.274 e. The van der Waals surface area contributed by atoms with Crippen molar-refractivity contribution in [3.05, 3.63) is 63.6 Å². The number of benzene rings is 2. The van der Waals surface area contributed by atoms with Crippen molar-refractivity contribution in [2.24, 2.45) is 5.92 Å². The van der Waals surface area contributed by atoms with Crippen molar-refractivity contribution in [1.82, 2.24) is 10.0 Å². The summed E-state index contributed by atoms with van der Waals surface area (Å²) in [6.45, 7) is 1.66. The van der Waals surface area contributed by atoms with Crippen LogP contribution in [0, 0.1) is 5.92 Å². The molecule has 3 heterocycles. The molecule has 3 aliphatic rings. The fraction of sp³-hybridized carbons (Fsp3) is 0.300. The summed E-state index contributed by atoms with van der Waals surface area (Å²) >= 11 is 9.54. The average molecular weight is 447 g/mol. The van der Waals surface area contributed by atoms with Crippen LogP contribution in [0.25, 0.3) is 0 Å². The van der Waals surface area contributed by atoms with Crippen molar-refractivity contribution in [3.63, 3.8) is 0 Å². The van der Waals surface area contributed by atoms with E-state index in [-0.39, 0.29) is 17.9 Å². The average Bonchev–Trinajstić information content (AvgIpc) is 3.30. The van der Waals surface area contributed by atoms with Gasteiger partial charge in [0, 0.05) is 22.6 Å². The molecule has 5 rings (SSSR count). The number of imide groups is 1. The van der Waals surface area contributed by atoms with E-state index in [2.05, 4.69) is 25.9 Å². The number of hydrazine groups is 1. The SMILES string of the molecule is O=C1[C@@H]2[C@@H](c3ccc(Cl)cc3)N3CCCN3[C@H]2C(=O)N1c1ccccc1Br. The Kier molecular flexibility index (Phi) is 4.13. The van der Waals surface area contributed by atoms with E-state index in [0.29, 0.717) is 10.7 Å². The summed E-state index contributed by atoms with van der Waals surface area (Å²) in [6, 6.07) is 14.4. The monoisotopic (exact) mass is 445 g/mol. The Bertz CT molecular complexity index is 935. The van der Waals surface area contributed by atoms with Gasteiger partial charge in [0.05, 0.1) is 17.6 Å². The van der Waals surface area contributed by atoms with Crippen LogP contribution < -0.4 is 4.90 Å². The molecule has 2 aromatic rings. The van der Waals surface area contributed by atoms with Gasteiger partial charge in [0.1, 0.15) is 6.04 Å². The van der Waals surface area contributed by atoms with Gasteiger partial charge < -0.3 is 0 Å². The van der Waals surface area contributed by atoms with Crippen molar-refractivity contribution < 1.29 is 9.59 Å². The third-order valence-electron chi connectivity index (χ3n) is 5.71. The quantitative estimate of drug-likeness (QED) is 0.661. The summed E-state index contributed by atoms with van der Waals surface area (Å²) in [5.41, 5.74) is 1.64. The van der Waals surface area contributed by atoms with E-state index in [1.165, 1.54) is 4.90 Å². The van der Waals surface area contributed by atoms with Gasteiger partial charge in [0.2, 0.25) is 5.91 Å². The molecular formula is C20H17BrClN3O2. The first-order chi connectivity index (χ1) is 13.1. The van der Waals surface area contributed by atoms with Crippen LogP contribution in [0.5, 0.6) is 0 Å². The number of carbonyl (C=O) groups is 2. The molecule has 0 unspecified atom stereocenters. The first-order valence-corrected chi connectivity index (χ1v) is 10.2. The lowest BCUT2D eigenvalue weighted by Gasteiger charge is -2.30. The third kappa shape index (κ3) is 2.51. The number of para-hydroxylation sites is 1. The number of amides is 2. The predicted molar refractivity (Wildman–Crippen MR) is 106 cm³/mol. The summed E-state index contributed by atoms with van der Waals surface area (Å²) < 4.78 is 0.744. The van der Waals surface area contributed by atoms with E-state index >= 15 is 0 Å². The van der Waals surface area contributed by atoms with Crippen LogP contribution in [0.4, 0.5) is 5.69 Å². The van der Waals surface area contributed by atoms with Crippen molar-refractivity contribution in [2.45, 2.75) is 18.5 Å². The van der Waals surface area contributed by atoms with E-state index in [9.17, 15) is 9.59 Å². The van der Waals surface area contributed by atoms with Crippen molar-refractivity contribution in [2.75, 3.05) is 18.0 Å². The van der Waals surface area contributed by atoms with Gasteiger partial charge in [-0.25, -0.2) is 14.9 Å². The highest BCUT2D eigenvalue weighted by Crippen LogP contribution is 2.49. The molecule has 0 saturated carbocycles. The van der Waals surface area contributed by atoms with Crippen LogP contribution in [0.2, 0.25) is 5.02 Å². The van der Waals surface area contributed by atoms with Crippen molar-refractivity contribution in [1.29, 1.82) is 0 Å². The summed E-state index contributed by atoms with van der Waals surface area (Å²) in [5, 5.41) is 4.96. The van der Waals surface area contributed by atoms with E-state index in [1.807, 2.05) is 42.5 Å². The molecule has 3 fully saturated rings. The second-order valence-corrected chi connectivity index (χ2v) is 8.40. The molecule has 0 radical (unpaired) electrons. The molecule has 3 aliphatic heterocycles. The molecule has 2 aromatic carbocycles. The topological polar surface area (TPSA) is 43.9 Å². The maximum Gasteiger partial charge on any atom is 0.253 e. The second-order valence-electron chi connectivity index (χ2n) is 7.11. The number of anilines is 1. The first-order valence-electron chi connectivity index (χ1n) is 8.99. The van der Waals surface area contributed by atoms with E-state index < -0.39 is 12.0 Å². The van der Waals surface area contributed by atoms with Crippen LogP contribution in [0.1, 0.15) is 18.0 Å². The van der Waals surface area contributed by atoms with Crippen LogP contribution in [-0.4, -0.2) is 41.0 Å². The molecule has 0 aromatic heterocycles. The molecular weight excluding hydrogens is 430 g/mol. The summed E-state index contributed by atoms with van der Waals surface area (Å²) in [5.74, 6) is -0.683. The standard InChI is InChI=1S/C20H17BrClN3O2/c21-14-4-1-2-5-15(14)25-19(26)16-17(12-6-8-13(22)9-7-12)23-10-3-11-24(23)18(16)20(25)27/h1-2,4-9,16-18H,3,10-11H2/t16-,17-,18-/m1/s1. The highest BCUT2D eigenvalue weighted by Gasteiger charge is 2.62. The Hall–Kier alpha value is -1.73. The van der Waals surface area contributed by atoms with Crippen LogP contribution >= 0.6 is 27.5 Å². The maximum absolute atomic E-state index is 13.4. The molecule has 3 atom stereocenters. The largest absolute Gasteiger partial charge is 0.274 e. The zero-order chi connectivity index (χ0) is 18.7. The number of hydrogen-bond acceptors (Lipinski definition) is 4. The molecule has 138 valence electrons. The lowest BCUT2D eigenvalue weighted by atomic mass is 9.90. The number of halogens is 2. The highest BCUT2D eigenvalue weighted by atomic mass is 79.9. The normalized spacial score (nSPS) is 28.1. The smallest absolute Gasteiger partial charge is 0.253 e. The Morgan fingerprint density at radius 3 is 2.26 bits per heavy atom. The summed E-state index contributed by atoms with van der Waals surface area (Å²) in [6.07, 6.45) is 0.990. The van der Waals surface area contributed by atoms with E-state index in [0.717, 1.165) is 29.5 Å². The number of carbonyl (C=O) groups excluding carboxylic acids is 2. The van der Waals surface area contributed by atoms with E-state index in [1.54, 1.807) is 6.07 Å². The van der Waals surface area contributed by atoms with Gasteiger partial charge in [-0.05, 0) is 52.2 Å². The molecule has 2 amide bonds. The van der Waals surface area contributed by atoms with Gasteiger partial charge in [-0.2, -0.15) is 0 Å². The summed E-state index contributed by atoms with van der Waals surface area (Å²) in [4.78, 5) is 28.1. The zero-order valence-electron chi connectivity index (χ0n) is 14.4. The van der Waals surface area contributed by atoms with Gasteiger partial charge in [0.25, 0.3) is 5.91 Å². The van der Waals surface area contributed by atoms with E-state index in [4.69, 9.17) is 11.6 Å². The van der Waals surface area contributed by atoms with Gasteiger partial charge in [-0.3, -0.25) is 9.59 Å². The van der Waals surface area contributed by atoms with Crippen LogP contribution in [0.3, 0.4) is 0 Å². The van der Waals surface area contributed by atoms with Gasteiger partial charge in [0.15, 0.2) is 0 Å². The van der Waals surface area contributed by atoms with Crippen LogP contribution in [-0.2, 0) is 9.59 Å². The number of hydrogen-bond donors (Lipinski definition) is 0. The Morgan fingerprint density at radius 1 is 0.889 bits per heavy atom. The molecule has 3 saturated heterocycles. The summed E-state index contributed by atoms with van der Waals surface area (Å²) in [7, 11) is 0. The molecule has 0 aliphatic carbocycles. The van der Waals surface area contributed by atoms with Crippen molar-refractivity contribution in [3.8, 4) is 0 Å². The fourth-order valence-corrected chi connectivity index (χ4v) is 5.23. The number of nitrogens with zero attached hydrogens (tertiary/aromatic N) is 3. The Morgan fingerprint density at radius 2 is 1.56 bits per heavy atom. The Labute approximate surface area is 170 Å². The third-order valence-corrected chi connectivity index (χ3v) is 6.63. The first kappa shape index (κ1) is 17.4. The molecule has 5 nitrogen and oxygen atoms in total. The minimum absolute atomic E-state index is 0.133. The zero-order valence-corrected chi connectivity index (χ0v) is 16.7. The predicted octanol–water partition coefficient (Wildman–Crippen LogP) is 3.64. The van der Waals surface area contributed by atoms with Gasteiger partial charge >= 0.3 is 0 Å². The molecule has 27 heavy (non-hydrogen) atoms. The second kappa shape index (κ2) is 6.41. The lowest BCUT2D eigenvalue weighted by molar-refractivity contribution is -0.126. The number of fused-ring (bicyclic) bond motifs is 3. The Balaban J connectivity index is 1.60. The molecule has 0 N–H and O–H groups in total. The van der Waals surface area contributed by atoms with Gasteiger partial charge in [-0.15, -0.1) is 0 Å². The minimum atomic E-state index is -0.437. The lowest BCUT2D eigenvalue weighted by Crippen LogP contribution is -2.44. The van der Waals surface area contributed by atoms with Crippen molar-refractivity contribution >= 4 is 45.0 Å². The highest BCUT2D eigenvalue weighted by molar-refractivity contribution is 9.10. The van der Waals surface area contributed by atoms with Crippen LogP contribution in [0.15, 0.2) is 53.0 Å². The maximum atomic E-state index is 13.4. The number of rotatable bonds is 2.